The fourth-order valence-corrected chi connectivity index (χ4v) is 2.38. The van der Waals surface area contributed by atoms with E-state index in [9.17, 15) is 0 Å². The molecule has 1 N–H and O–H groups in total. The van der Waals surface area contributed by atoms with E-state index in [1.807, 2.05) is 0 Å². The summed E-state index contributed by atoms with van der Waals surface area (Å²) >= 11 is 5.81. The quantitative estimate of drug-likeness (QED) is 0.910. The van der Waals surface area contributed by atoms with E-state index >= 15 is 0 Å². The molecule has 0 aromatic carbocycles. The van der Waals surface area contributed by atoms with Gasteiger partial charge in [-0.3, -0.25) is 0 Å². The van der Waals surface area contributed by atoms with Gasteiger partial charge in [0.15, 0.2) is 0 Å². The molecule has 1 unspecified atom stereocenters. The number of piperidine rings is 1. The molecule has 100 valence electrons. The van der Waals surface area contributed by atoms with Crippen molar-refractivity contribution in [1.82, 2.24) is 15.3 Å². The molecule has 0 aliphatic carbocycles. The van der Waals surface area contributed by atoms with Crippen molar-refractivity contribution in [3.8, 4) is 0 Å². The summed E-state index contributed by atoms with van der Waals surface area (Å²) in [4.78, 5) is 10.8. The lowest BCUT2D eigenvalue weighted by Gasteiger charge is -2.33. The Balaban J connectivity index is 1.91. The van der Waals surface area contributed by atoms with Crippen LogP contribution in [-0.4, -0.2) is 35.6 Å². The van der Waals surface area contributed by atoms with Gasteiger partial charge in [-0.2, -0.15) is 0 Å². The topological polar surface area (TPSA) is 41.0 Å². The number of rotatable bonds is 4. The minimum atomic E-state index is 0.548. The Bertz CT molecular complexity index is 366. The van der Waals surface area contributed by atoms with Crippen molar-refractivity contribution in [2.24, 2.45) is 5.92 Å². The van der Waals surface area contributed by atoms with Crippen LogP contribution in [0.4, 0.5) is 5.95 Å². The van der Waals surface area contributed by atoms with Crippen LogP contribution in [0.15, 0.2) is 12.4 Å². The summed E-state index contributed by atoms with van der Waals surface area (Å²) in [7, 11) is 0. The van der Waals surface area contributed by atoms with Crippen LogP contribution < -0.4 is 10.2 Å². The summed E-state index contributed by atoms with van der Waals surface area (Å²) in [5.74, 6) is 1.48. The first-order valence-electron chi connectivity index (χ1n) is 6.61. The van der Waals surface area contributed by atoms with Gasteiger partial charge < -0.3 is 10.2 Å². The second-order valence-corrected chi connectivity index (χ2v) is 5.65. The minimum Gasteiger partial charge on any atom is -0.341 e. The Morgan fingerprint density at radius 2 is 2.17 bits per heavy atom. The van der Waals surface area contributed by atoms with Crippen LogP contribution in [-0.2, 0) is 0 Å². The summed E-state index contributed by atoms with van der Waals surface area (Å²) in [5.41, 5.74) is 0. The van der Waals surface area contributed by atoms with Gasteiger partial charge >= 0.3 is 0 Å². The average molecular weight is 269 g/mol. The van der Waals surface area contributed by atoms with E-state index in [-0.39, 0.29) is 0 Å². The molecule has 0 radical (unpaired) electrons. The summed E-state index contributed by atoms with van der Waals surface area (Å²) in [6.45, 7) is 7.51. The number of aromatic nitrogens is 2. The van der Waals surface area contributed by atoms with Crippen LogP contribution in [0.1, 0.15) is 26.7 Å². The first-order chi connectivity index (χ1) is 8.65. The predicted octanol–water partition coefficient (Wildman–Crippen LogP) is 2.34. The maximum Gasteiger partial charge on any atom is 0.225 e. The molecule has 0 amide bonds. The highest BCUT2D eigenvalue weighted by molar-refractivity contribution is 6.30. The molecular formula is C13H21ClN4. The van der Waals surface area contributed by atoms with Crippen molar-refractivity contribution in [2.45, 2.75) is 32.7 Å². The molecule has 5 heteroatoms. The maximum atomic E-state index is 5.81. The van der Waals surface area contributed by atoms with Gasteiger partial charge in [0.1, 0.15) is 0 Å². The van der Waals surface area contributed by atoms with Gasteiger partial charge in [-0.05, 0) is 25.3 Å². The fourth-order valence-electron chi connectivity index (χ4n) is 2.28. The zero-order valence-electron chi connectivity index (χ0n) is 11.1. The van der Waals surface area contributed by atoms with E-state index in [0.717, 1.165) is 25.6 Å². The van der Waals surface area contributed by atoms with Crippen molar-refractivity contribution in [3.05, 3.63) is 17.4 Å². The Hall–Kier alpha value is -0.870. The van der Waals surface area contributed by atoms with Crippen molar-refractivity contribution in [3.63, 3.8) is 0 Å². The molecule has 0 spiro atoms. The van der Waals surface area contributed by atoms with Gasteiger partial charge in [-0.25, -0.2) is 9.97 Å². The van der Waals surface area contributed by atoms with Crippen LogP contribution in [0.2, 0.25) is 5.02 Å². The number of anilines is 1. The predicted molar refractivity (Wildman–Crippen MR) is 75.1 cm³/mol. The molecule has 1 saturated heterocycles. The van der Waals surface area contributed by atoms with Gasteiger partial charge in [0, 0.05) is 19.1 Å². The molecule has 1 atom stereocenters. The Morgan fingerprint density at radius 1 is 1.44 bits per heavy atom. The first kappa shape index (κ1) is 13.6. The van der Waals surface area contributed by atoms with E-state index in [4.69, 9.17) is 11.6 Å². The number of halogens is 1. The zero-order chi connectivity index (χ0) is 13.0. The summed E-state index contributed by atoms with van der Waals surface area (Å²) in [5, 5.41) is 4.10. The largest absolute Gasteiger partial charge is 0.341 e. The molecule has 2 rings (SSSR count). The zero-order valence-corrected chi connectivity index (χ0v) is 11.8. The lowest BCUT2D eigenvalue weighted by Crippen LogP contribution is -2.41. The van der Waals surface area contributed by atoms with Crippen LogP contribution >= 0.6 is 11.6 Å². The summed E-state index contributed by atoms with van der Waals surface area (Å²) in [6.07, 6.45) is 5.82. The van der Waals surface area contributed by atoms with Crippen molar-refractivity contribution in [1.29, 1.82) is 0 Å². The van der Waals surface area contributed by atoms with Gasteiger partial charge in [-0.15, -0.1) is 0 Å². The molecule has 1 fully saturated rings. The number of nitrogens with one attached hydrogen (secondary N) is 1. The second kappa shape index (κ2) is 6.34. The van der Waals surface area contributed by atoms with Crippen molar-refractivity contribution >= 4 is 17.5 Å². The third-order valence-corrected chi connectivity index (χ3v) is 3.42. The highest BCUT2D eigenvalue weighted by Gasteiger charge is 2.21. The molecule has 2 heterocycles. The lowest BCUT2D eigenvalue weighted by molar-refractivity contribution is 0.377. The summed E-state index contributed by atoms with van der Waals surface area (Å²) < 4.78 is 0. The number of hydrogen-bond donors (Lipinski definition) is 1. The molecule has 1 aromatic rings. The molecule has 1 aliphatic heterocycles. The van der Waals surface area contributed by atoms with Crippen LogP contribution in [0.5, 0.6) is 0 Å². The average Bonchev–Trinajstić information content (AvgIpc) is 2.37. The standard InChI is InChI=1S/C13H21ClN4/c1-10(2)15-6-11-4-3-5-18(9-11)13-16-7-12(14)8-17-13/h7-8,10-11,15H,3-6,9H2,1-2H3. The number of nitrogens with zero attached hydrogens (tertiary/aromatic N) is 3. The minimum absolute atomic E-state index is 0.548. The van der Waals surface area contributed by atoms with Crippen LogP contribution in [0.3, 0.4) is 0 Å². The molecular weight excluding hydrogens is 248 g/mol. The summed E-state index contributed by atoms with van der Waals surface area (Å²) in [6, 6.07) is 0.548. The number of hydrogen-bond acceptors (Lipinski definition) is 4. The monoisotopic (exact) mass is 268 g/mol. The fraction of sp³-hybridized carbons (Fsp3) is 0.692. The van der Waals surface area contributed by atoms with Gasteiger partial charge in [0.25, 0.3) is 0 Å². The van der Waals surface area contributed by atoms with Crippen molar-refractivity contribution in [2.75, 3.05) is 24.5 Å². The highest BCUT2D eigenvalue weighted by Crippen LogP contribution is 2.20. The molecule has 1 aromatic heterocycles. The van der Waals surface area contributed by atoms with Crippen molar-refractivity contribution < 1.29 is 0 Å². The first-order valence-corrected chi connectivity index (χ1v) is 6.99. The van der Waals surface area contributed by atoms with E-state index in [0.29, 0.717) is 17.0 Å². The molecule has 18 heavy (non-hydrogen) atoms. The normalized spacial score (nSPS) is 20.4. The Labute approximate surface area is 114 Å². The lowest BCUT2D eigenvalue weighted by atomic mass is 9.98. The van der Waals surface area contributed by atoms with E-state index in [2.05, 4.69) is 34.0 Å². The third-order valence-electron chi connectivity index (χ3n) is 3.22. The van der Waals surface area contributed by atoms with E-state index < -0.39 is 0 Å². The molecule has 0 saturated carbocycles. The van der Waals surface area contributed by atoms with E-state index in [1.54, 1.807) is 12.4 Å². The highest BCUT2D eigenvalue weighted by atomic mass is 35.5. The third kappa shape index (κ3) is 3.82. The molecule has 4 nitrogen and oxygen atoms in total. The maximum absolute atomic E-state index is 5.81. The Morgan fingerprint density at radius 3 is 2.83 bits per heavy atom. The molecule has 1 aliphatic rings. The van der Waals surface area contributed by atoms with Gasteiger partial charge in [0.2, 0.25) is 5.95 Å². The Kier molecular flexibility index (Phi) is 4.78. The molecule has 0 bridgehead atoms. The van der Waals surface area contributed by atoms with E-state index in [1.165, 1.54) is 12.8 Å². The van der Waals surface area contributed by atoms with Gasteiger partial charge in [0.05, 0.1) is 17.4 Å². The van der Waals surface area contributed by atoms with Crippen LogP contribution in [0.25, 0.3) is 0 Å². The second-order valence-electron chi connectivity index (χ2n) is 5.22. The smallest absolute Gasteiger partial charge is 0.225 e. The SMILES string of the molecule is CC(C)NCC1CCCN(c2ncc(Cl)cn2)C1. The van der Waals surface area contributed by atoms with Crippen LogP contribution in [0, 0.1) is 5.92 Å². The van der Waals surface area contributed by atoms with Gasteiger partial charge in [-0.1, -0.05) is 25.4 Å².